The maximum absolute atomic E-state index is 9.14. The van der Waals surface area contributed by atoms with E-state index in [9.17, 15) is 0 Å². The third kappa shape index (κ3) is 3.15. The van der Waals surface area contributed by atoms with Crippen LogP contribution in [0.5, 0.6) is 0 Å². The number of hydrogen-bond donors (Lipinski definition) is 2. The van der Waals surface area contributed by atoms with Crippen molar-refractivity contribution in [2.45, 2.75) is 25.0 Å². The Bertz CT molecular complexity index is 93.6. The summed E-state index contributed by atoms with van der Waals surface area (Å²) in [6.07, 6.45) is 2.19. The van der Waals surface area contributed by atoms with E-state index in [4.69, 9.17) is 9.84 Å². The molecule has 0 radical (unpaired) electrons. The van der Waals surface area contributed by atoms with E-state index < -0.39 is 0 Å². The minimum absolute atomic E-state index is 0.342. The summed E-state index contributed by atoms with van der Waals surface area (Å²) in [6, 6.07) is 0.673. The van der Waals surface area contributed by atoms with E-state index in [1.165, 1.54) is 12.8 Å². The van der Waals surface area contributed by atoms with Gasteiger partial charge in [0.15, 0.2) is 0 Å². The predicted molar refractivity (Wildman–Crippen MR) is 38.9 cm³/mol. The average molecular weight is 145 g/mol. The first kappa shape index (κ1) is 7.98. The third-order valence-corrected chi connectivity index (χ3v) is 1.58. The molecule has 0 aromatic rings. The Kier molecular flexibility index (Phi) is 3.12. The summed E-state index contributed by atoms with van der Waals surface area (Å²) >= 11 is 0. The molecule has 1 saturated carbocycles. The van der Waals surface area contributed by atoms with Crippen molar-refractivity contribution in [2.24, 2.45) is 0 Å². The van der Waals surface area contributed by atoms with Crippen LogP contribution in [-0.4, -0.2) is 37.5 Å². The lowest BCUT2D eigenvalue weighted by Gasteiger charge is -2.09. The van der Waals surface area contributed by atoms with Crippen LogP contribution in [0.1, 0.15) is 12.8 Å². The highest BCUT2D eigenvalue weighted by atomic mass is 16.5. The van der Waals surface area contributed by atoms with Crippen LogP contribution in [0.15, 0.2) is 0 Å². The summed E-state index contributed by atoms with van der Waals surface area (Å²) in [5, 5.41) is 12.3. The van der Waals surface area contributed by atoms with Crippen LogP contribution in [0.25, 0.3) is 0 Å². The van der Waals surface area contributed by atoms with Gasteiger partial charge < -0.3 is 15.2 Å². The van der Waals surface area contributed by atoms with E-state index in [0.29, 0.717) is 19.2 Å². The highest BCUT2D eigenvalue weighted by Crippen LogP contribution is 2.18. The summed E-state index contributed by atoms with van der Waals surface area (Å²) in [5.74, 6) is 0. The molecule has 2 N–H and O–H groups in total. The molecule has 60 valence electrons. The summed E-state index contributed by atoms with van der Waals surface area (Å²) < 4.78 is 4.77. The Labute approximate surface area is 61.4 Å². The molecule has 3 heteroatoms. The average Bonchev–Trinajstić information content (AvgIpc) is 2.67. The van der Waals surface area contributed by atoms with Gasteiger partial charge in [-0.15, -0.1) is 0 Å². The molecule has 1 rings (SSSR count). The molecule has 0 heterocycles. The van der Waals surface area contributed by atoms with E-state index in [-0.39, 0.29) is 6.10 Å². The van der Waals surface area contributed by atoms with Gasteiger partial charge in [-0.25, -0.2) is 0 Å². The number of aliphatic hydroxyl groups excluding tert-OH is 1. The number of nitrogens with one attached hydrogen (secondary N) is 1. The van der Waals surface area contributed by atoms with Crippen LogP contribution in [0.4, 0.5) is 0 Å². The Hall–Kier alpha value is -0.120. The Morgan fingerprint density at radius 1 is 1.70 bits per heavy atom. The summed E-state index contributed by atoms with van der Waals surface area (Å²) in [4.78, 5) is 0. The maximum Gasteiger partial charge on any atom is 0.0897 e. The largest absolute Gasteiger partial charge is 0.389 e. The fourth-order valence-electron chi connectivity index (χ4n) is 0.841. The molecule has 0 saturated heterocycles. The zero-order chi connectivity index (χ0) is 7.40. The zero-order valence-electron chi connectivity index (χ0n) is 6.34. The maximum atomic E-state index is 9.14. The van der Waals surface area contributed by atoms with Crippen molar-refractivity contribution in [2.75, 3.05) is 20.3 Å². The zero-order valence-corrected chi connectivity index (χ0v) is 6.34. The molecule has 0 bridgehead atoms. The Morgan fingerprint density at radius 2 is 2.40 bits per heavy atom. The fourth-order valence-corrected chi connectivity index (χ4v) is 0.841. The van der Waals surface area contributed by atoms with Crippen LogP contribution < -0.4 is 5.32 Å². The topological polar surface area (TPSA) is 41.5 Å². The van der Waals surface area contributed by atoms with E-state index in [1.807, 2.05) is 0 Å². The summed E-state index contributed by atoms with van der Waals surface area (Å²) in [6.45, 7) is 1.10. The molecule has 1 aliphatic carbocycles. The normalized spacial score (nSPS) is 21.0. The second-order valence-corrected chi connectivity index (χ2v) is 2.79. The Morgan fingerprint density at radius 3 is 2.90 bits per heavy atom. The van der Waals surface area contributed by atoms with Crippen molar-refractivity contribution in [3.8, 4) is 0 Å². The molecule has 3 nitrogen and oxygen atoms in total. The molecule has 1 aliphatic rings. The molecule has 0 aromatic carbocycles. The number of rotatable bonds is 5. The monoisotopic (exact) mass is 145 g/mol. The van der Waals surface area contributed by atoms with Crippen LogP contribution >= 0.6 is 0 Å². The van der Waals surface area contributed by atoms with Gasteiger partial charge in [0.1, 0.15) is 0 Å². The molecule has 10 heavy (non-hydrogen) atoms. The minimum atomic E-state index is -0.342. The lowest BCUT2D eigenvalue weighted by molar-refractivity contribution is 0.0644. The Balaban J connectivity index is 1.89. The molecule has 0 aliphatic heterocycles. The van der Waals surface area contributed by atoms with Gasteiger partial charge in [-0.1, -0.05) is 0 Å². The number of ether oxygens (including phenoxy) is 1. The SMILES string of the molecule is COC[C@@H](O)CNC1CC1. The van der Waals surface area contributed by atoms with Gasteiger partial charge in [-0.3, -0.25) is 0 Å². The van der Waals surface area contributed by atoms with Crippen molar-refractivity contribution in [1.29, 1.82) is 0 Å². The van der Waals surface area contributed by atoms with E-state index >= 15 is 0 Å². The molecule has 1 fully saturated rings. The predicted octanol–water partition coefficient (Wildman–Crippen LogP) is -0.254. The molecule has 1 atom stereocenters. The van der Waals surface area contributed by atoms with Crippen LogP contribution in [0.3, 0.4) is 0 Å². The highest BCUT2D eigenvalue weighted by Gasteiger charge is 2.20. The van der Waals surface area contributed by atoms with Gasteiger partial charge in [0.05, 0.1) is 12.7 Å². The minimum Gasteiger partial charge on any atom is -0.389 e. The first-order valence-corrected chi connectivity index (χ1v) is 3.73. The quantitative estimate of drug-likeness (QED) is 0.560. The van der Waals surface area contributed by atoms with Crippen molar-refractivity contribution in [3.63, 3.8) is 0 Å². The van der Waals surface area contributed by atoms with Gasteiger partial charge in [-0.2, -0.15) is 0 Å². The van der Waals surface area contributed by atoms with Crippen molar-refractivity contribution < 1.29 is 9.84 Å². The van der Waals surface area contributed by atoms with Gasteiger partial charge >= 0.3 is 0 Å². The van der Waals surface area contributed by atoms with Crippen LogP contribution in [-0.2, 0) is 4.74 Å². The molecule has 0 unspecified atom stereocenters. The highest BCUT2D eigenvalue weighted by molar-refractivity contribution is 4.81. The smallest absolute Gasteiger partial charge is 0.0897 e. The van der Waals surface area contributed by atoms with E-state index in [2.05, 4.69) is 5.32 Å². The van der Waals surface area contributed by atoms with Crippen molar-refractivity contribution >= 4 is 0 Å². The molecule has 0 spiro atoms. The number of aliphatic hydroxyl groups is 1. The summed E-state index contributed by atoms with van der Waals surface area (Å²) in [7, 11) is 1.60. The number of hydrogen-bond acceptors (Lipinski definition) is 3. The van der Waals surface area contributed by atoms with Crippen molar-refractivity contribution in [1.82, 2.24) is 5.32 Å². The van der Waals surface area contributed by atoms with Gasteiger partial charge in [0.25, 0.3) is 0 Å². The second kappa shape index (κ2) is 3.91. The van der Waals surface area contributed by atoms with Gasteiger partial charge in [0.2, 0.25) is 0 Å². The van der Waals surface area contributed by atoms with Gasteiger partial charge in [-0.05, 0) is 12.8 Å². The lowest BCUT2D eigenvalue weighted by atomic mass is 10.4. The standard InChI is InChI=1S/C7H15NO2/c1-10-5-7(9)4-8-6-2-3-6/h6-9H,2-5H2,1H3/t7-/m0/s1. The van der Waals surface area contributed by atoms with Crippen molar-refractivity contribution in [3.05, 3.63) is 0 Å². The molecular weight excluding hydrogens is 130 g/mol. The first-order chi connectivity index (χ1) is 4.83. The van der Waals surface area contributed by atoms with Gasteiger partial charge in [0, 0.05) is 19.7 Å². The van der Waals surface area contributed by atoms with E-state index in [0.717, 1.165) is 0 Å². The molecule has 0 aromatic heterocycles. The molecular formula is C7H15NO2. The fraction of sp³-hybridized carbons (Fsp3) is 1.00. The third-order valence-electron chi connectivity index (χ3n) is 1.58. The number of methoxy groups -OCH3 is 1. The van der Waals surface area contributed by atoms with Crippen LogP contribution in [0, 0.1) is 0 Å². The molecule has 0 amide bonds. The first-order valence-electron chi connectivity index (χ1n) is 3.73. The lowest BCUT2D eigenvalue weighted by Crippen LogP contribution is -2.31. The summed E-state index contributed by atoms with van der Waals surface area (Å²) in [5.41, 5.74) is 0. The van der Waals surface area contributed by atoms with E-state index in [1.54, 1.807) is 7.11 Å². The van der Waals surface area contributed by atoms with Crippen LogP contribution in [0.2, 0.25) is 0 Å². The second-order valence-electron chi connectivity index (χ2n) is 2.79.